The fraction of sp³-hybridized carbons (Fsp3) is 0.455. The minimum Gasteiger partial charge on any atom is -0.465 e. The van der Waals surface area contributed by atoms with Gasteiger partial charge in [0.05, 0.1) is 4.92 Å². The molecule has 0 spiro atoms. The van der Waals surface area contributed by atoms with Crippen LogP contribution in [-0.2, 0) is 0 Å². The van der Waals surface area contributed by atoms with Crippen LogP contribution in [0.5, 0.6) is 0 Å². The lowest BCUT2D eigenvalue weighted by molar-refractivity contribution is -0.384. The molecule has 0 atom stereocenters. The molecule has 2 heterocycles. The number of aromatic nitrogens is 1. The molecular weight excluding hydrogens is 252 g/mol. The molecule has 102 valence electrons. The molecule has 0 aromatic carbocycles. The van der Waals surface area contributed by atoms with E-state index in [1.165, 1.54) is 23.2 Å². The number of amides is 1. The lowest BCUT2D eigenvalue weighted by atomic mass is 10.1. The molecule has 8 nitrogen and oxygen atoms in total. The summed E-state index contributed by atoms with van der Waals surface area (Å²) in [7, 11) is 0. The van der Waals surface area contributed by atoms with Crippen molar-refractivity contribution in [3.05, 3.63) is 28.4 Å². The third-order valence-electron chi connectivity index (χ3n) is 3.09. The summed E-state index contributed by atoms with van der Waals surface area (Å²) in [5.74, 6) is 0.237. The Bertz CT molecular complexity index is 485. The zero-order valence-electron chi connectivity index (χ0n) is 10.2. The van der Waals surface area contributed by atoms with Crippen LogP contribution in [0.3, 0.4) is 0 Å². The molecule has 0 unspecified atom stereocenters. The molecule has 0 saturated carbocycles. The number of hydrogen-bond acceptors (Lipinski definition) is 5. The lowest BCUT2D eigenvalue weighted by Gasteiger charge is -2.30. The van der Waals surface area contributed by atoms with Gasteiger partial charge in [0.25, 0.3) is 0 Å². The van der Waals surface area contributed by atoms with Crippen molar-refractivity contribution in [3.8, 4) is 0 Å². The van der Waals surface area contributed by atoms with Crippen LogP contribution in [0, 0.1) is 10.1 Å². The Morgan fingerprint density at radius 3 is 2.79 bits per heavy atom. The van der Waals surface area contributed by atoms with Crippen molar-refractivity contribution in [1.82, 2.24) is 9.88 Å². The molecule has 0 bridgehead atoms. The van der Waals surface area contributed by atoms with Crippen molar-refractivity contribution in [3.63, 3.8) is 0 Å². The molecule has 0 aliphatic carbocycles. The van der Waals surface area contributed by atoms with Crippen LogP contribution in [0.1, 0.15) is 12.8 Å². The van der Waals surface area contributed by atoms with E-state index in [2.05, 4.69) is 10.3 Å². The van der Waals surface area contributed by atoms with E-state index < -0.39 is 11.0 Å². The molecule has 1 saturated heterocycles. The van der Waals surface area contributed by atoms with Gasteiger partial charge in [-0.2, -0.15) is 0 Å². The van der Waals surface area contributed by atoms with E-state index in [9.17, 15) is 14.9 Å². The fourth-order valence-corrected chi connectivity index (χ4v) is 2.06. The van der Waals surface area contributed by atoms with Gasteiger partial charge >= 0.3 is 11.8 Å². The van der Waals surface area contributed by atoms with Crippen molar-refractivity contribution >= 4 is 17.6 Å². The van der Waals surface area contributed by atoms with Crippen molar-refractivity contribution in [2.24, 2.45) is 0 Å². The minimum atomic E-state index is -0.928. The Morgan fingerprint density at radius 2 is 2.21 bits per heavy atom. The van der Waals surface area contributed by atoms with Gasteiger partial charge in [-0.05, 0) is 18.9 Å². The number of nitrogens with one attached hydrogen (secondary N) is 1. The van der Waals surface area contributed by atoms with Gasteiger partial charge in [0.2, 0.25) is 5.82 Å². The largest absolute Gasteiger partial charge is 0.465 e. The molecule has 1 amide bonds. The maximum atomic E-state index is 10.8. The third kappa shape index (κ3) is 3.09. The lowest BCUT2D eigenvalue weighted by Crippen LogP contribution is -2.41. The highest BCUT2D eigenvalue weighted by Crippen LogP contribution is 2.23. The normalized spacial score (nSPS) is 16.1. The number of carbonyl (C=O) groups is 1. The predicted molar refractivity (Wildman–Crippen MR) is 67.1 cm³/mol. The number of rotatable bonds is 3. The number of nitro groups is 1. The molecule has 1 aliphatic heterocycles. The van der Waals surface area contributed by atoms with Gasteiger partial charge in [0, 0.05) is 31.4 Å². The Hall–Kier alpha value is -2.38. The molecule has 2 N–H and O–H groups in total. The van der Waals surface area contributed by atoms with Crippen LogP contribution in [0.4, 0.5) is 16.3 Å². The van der Waals surface area contributed by atoms with Crippen LogP contribution in [0.25, 0.3) is 0 Å². The smallest absolute Gasteiger partial charge is 0.407 e. The quantitative estimate of drug-likeness (QED) is 0.634. The molecule has 2 rings (SSSR count). The molecule has 1 aromatic rings. The minimum absolute atomic E-state index is 0.00389. The number of hydrogen-bond donors (Lipinski definition) is 2. The van der Waals surface area contributed by atoms with E-state index in [0.29, 0.717) is 25.9 Å². The first-order valence-corrected chi connectivity index (χ1v) is 5.91. The highest BCUT2D eigenvalue weighted by atomic mass is 16.6. The summed E-state index contributed by atoms with van der Waals surface area (Å²) < 4.78 is 0. The summed E-state index contributed by atoms with van der Waals surface area (Å²) in [6.07, 6.45) is 1.78. The van der Waals surface area contributed by atoms with E-state index >= 15 is 0 Å². The second-order valence-corrected chi connectivity index (χ2v) is 4.32. The summed E-state index contributed by atoms with van der Waals surface area (Å²) >= 11 is 0. The Kier molecular flexibility index (Phi) is 3.79. The van der Waals surface area contributed by atoms with Crippen molar-refractivity contribution < 1.29 is 14.8 Å². The van der Waals surface area contributed by atoms with Crippen LogP contribution >= 0.6 is 0 Å². The van der Waals surface area contributed by atoms with Gasteiger partial charge in [0.1, 0.15) is 0 Å². The first kappa shape index (κ1) is 13.1. The molecular formula is C11H14N4O4. The van der Waals surface area contributed by atoms with Gasteiger partial charge in [-0.3, -0.25) is 10.1 Å². The maximum absolute atomic E-state index is 10.8. The van der Waals surface area contributed by atoms with E-state index in [1.54, 1.807) is 0 Å². The summed E-state index contributed by atoms with van der Waals surface area (Å²) in [5.41, 5.74) is -0.0665. The van der Waals surface area contributed by atoms with Crippen LogP contribution < -0.4 is 5.32 Å². The van der Waals surface area contributed by atoms with Crippen molar-refractivity contribution in [2.45, 2.75) is 18.9 Å². The maximum Gasteiger partial charge on any atom is 0.407 e. The molecule has 1 aromatic heterocycles. The fourth-order valence-electron chi connectivity index (χ4n) is 2.06. The third-order valence-corrected chi connectivity index (χ3v) is 3.09. The standard InChI is InChI=1S/C11H14N4O4/c16-11(17)14-6-3-8(4-7-14)13-10-9(15(18)19)2-1-5-12-10/h1-2,5,8H,3-4,6-7H2,(H,12,13)(H,16,17). The number of anilines is 1. The first-order valence-electron chi connectivity index (χ1n) is 5.91. The Balaban J connectivity index is 2.00. The van der Waals surface area contributed by atoms with Crippen molar-refractivity contribution in [2.75, 3.05) is 18.4 Å². The summed E-state index contributed by atoms with van der Waals surface area (Å²) in [5, 5.41) is 22.7. The van der Waals surface area contributed by atoms with Gasteiger partial charge in [-0.15, -0.1) is 0 Å². The van der Waals surface area contributed by atoms with Gasteiger partial charge in [-0.25, -0.2) is 9.78 Å². The molecule has 1 aliphatic rings. The van der Waals surface area contributed by atoms with Crippen LogP contribution in [-0.4, -0.2) is 45.1 Å². The zero-order chi connectivity index (χ0) is 13.8. The van der Waals surface area contributed by atoms with Gasteiger partial charge < -0.3 is 15.3 Å². The SMILES string of the molecule is O=C(O)N1CCC(Nc2ncccc2[N+](=O)[O-])CC1. The van der Waals surface area contributed by atoms with E-state index in [1.807, 2.05) is 0 Å². The molecule has 1 fully saturated rings. The summed E-state index contributed by atoms with van der Waals surface area (Å²) in [6.45, 7) is 0.848. The highest BCUT2D eigenvalue weighted by Gasteiger charge is 2.24. The Labute approximate surface area is 109 Å². The number of pyridine rings is 1. The topological polar surface area (TPSA) is 109 Å². The average Bonchev–Trinajstić information content (AvgIpc) is 2.39. The second-order valence-electron chi connectivity index (χ2n) is 4.32. The van der Waals surface area contributed by atoms with Gasteiger partial charge in [-0.1, -0.05) is 0 Å². The molecule has 0 radical (unpaired) electrons. The average molecular weight is 266 g/mol. The van der Waals surface area contributed by atoms with Gasteiger partial charge in [0.15, 0.2) is 0 Å². The van der Waals surface area contributed by atoms with E-state index in [0.717, 1.165) is 0 Å². The molecule has 19 heavy (non-hydrogen) atoms. The number of piperidine rings is 1. The number of likely N-dealkylation sites (tertiary alicyclic amines) is 1. The summed E-state index contributed by atoms with van der Waals surface area (Å²) in [6, 6.07) is 2.90. The monoisotopic (exact) mass is 266 g/mol. The molecule has 8 heteroatoms. The number of nitrogens with zero attached hydrogens (tertiary/aromatic N) is 3. The van der Waals surface area contributed by atoms with E-state index in [-0.39, 0.29) is 17.5 Å². The second kappa shape index (κ2) is 5.51. The van der Waals surface area contributed by atoms with Crippen molar-refractivity contribution in [1.29, 1.82) is 0 Å². The highest BCUT2D eigenvalue weighted by molar-refractivity contribution is 5.65. The van der Waals surface area contributed by atoms with Crippen LogP contribution in [0.2, 0.25) is 0 Å². The zero-order valence-corrected chi connectivity index (χ0v) is 10.2. The predicted octanol–water partition coefficient (Wildman–Crippen LogP) is 1.54. The van der Waals surface area contributed by atoms with E-state index in [4.69, 9.17) is 5.11 Å². The van der Waals surface area contributed by atoms with Crippen LogP contribution in [0.15, 0.2) is 18.3 Å². The Morgan fingerprint density at radius 1 is 1.53 bits per heavy atom. The first-order chi connectivity index (χ1) is 9.08. The number of carboxylic acid groups (broad SMARTS) is 1. The summed E-state index contributed by atoms with van der Waals surface area (Å²) in [4.78, 5) is 26.4.